The average Bonchev–Trinajstić information content (AvgIpc) is 2.42. The topological polar surface area (TPSA) is 54.0 Å². The molecular weight excluding hydrogens is 238 g/mol. The molecule has 1 aliphatic rings. The largest absolute Gasteiger partial charge is 0.370 e. The van der Waals surface area contributed by atoms with Crippen molar-refractivity contribution in [2.45, 2.75) is 45.6 Å². The van der Waals surface area contributed by atoms with Gasteiger partial charge in [0.05, 0.1) is 5.56 Å². The second-order valence-electron chi connectivity index (χ2n) is 5.39. The number of nitrogens with one attached hydrogen (secondary N) is 2. The standard InChI is InChI=1S/C15H23N3O/c1-3-16-14-9-6-12(10-17-14)15(19)18-13-7-4-11(2)5-8-13/h6,9-11,13H,3-5,7-8H2,1-2H3,(H,16,17)(H,18,19). The van der Waals surface area contributed by atoms with Gasteiger partial charge in [-0.2, -0.15) is 0 Å². The number of anilines is 1. The van der Waals surface area contributed by atoms with E-state index < -0.39 is 0 Å². The lowest BCUT2D eigenvalue weighted by atomic mass is 9.87. The van der Waals surface area contributed by atoms with Crippen molar-refractivity contribution < 1.29 is 4.79 Å². The third-order valence-electron chi connectivity index (χ3n) is 3.73. The van der Waals surface area contributed by atoms with Crippen molar-refractivity contribution >= 4 is 11.7 Å². The van der Waals surface area contributed by atoms with E-state index in [1.807, 2.05) is 19.1 Å². The van der Waals surface area contributed by atoms with Crippen LogP contribution < -0.4 is 10.6 Å². The SMILES string of the molecule is CCNc1ccc(C(=O)NC2CCC(C)CC2)cn1. The summed E-state index contributed by atoms with van der Waals surface area (Å²) in [5.41, 5.74) is 0.639. The van der Waals surface area contributed by atoms with Crippen LogP contribution in [-0.4, -0.2) is 23.5 Å². The number of carbonyl (C=O) groups is 1. The third kappa shape index (κ3) is 3.94. The lowest BCUT2D eigenvalue weighted by molar-refractivity contribution is 0.0922. The zero-order chi connectivity index (χ0) is 13.7. The van der Waals surface area contributed by atoms with Crippen LogP contribution in [0.5, 0.6) is 0 Å². The molecule has 0 unspecified atom stereocenters. The monoisotopic (exact) mass is 261 g/mol. The number of nitrogens with zero attached hydrogens (tertiary/aromatic N) is 1. The van der Waals surface area contributed by atoms with Crippen LogP contribution in [0, 0.1) is 5.92 Å². The molecule has 0 saturated heterocycles. The van der Waals surface area contributed by atoms with Gasteiger partial charge in [-0.25, -0.2) is 4.98 Å². The first-order chi connectivity index (χ1) is 9.19. The van der Waals surface area contributed by atoms with Gasteiger partial charge in [0.2, 0.25) is 0 Å². The quantitative estimate of drug-likeness (QED) is 0.876. The van der Waals surface area contributed by atoms with E-state index in [9.17, 15) is 4.79 Å². The van der Waals surface area contributed by atoms with Crippen molar-refractivity contribution in [1.29, 1.82) is 0 Å². The molecule has 0 atom stereocenters. The number of rotatable bonds is 4. The lowest BCUT2D eigenvalue weighted by Gasteiger charge is -2.26. The number of aromatic nitrogens is 1. The van der Waals surface area contributed by atoms with Crippen molar-refractivity contribution in [2.75, 3.05) is 11.9 Å². The molecule has 1 amide bonds. The van der Waals surface area contributed by atoms with Crippen molar-refractivity contribution in [3.63, 3.8) is 0 Å². The van der Waals surface area contributed by atoms with Crippen LogP contribution in [0.2, 0.25) is 0 Å². The van der Waals surface area contributed by atoms with E-state index in [1.54, 1.807) is 6.20 Å². The zero-order valence-electron chi connectivity index (χ0n) is 11.8. The Morgan fingerprint density at radius 3 is 2.63 bits per heavy atom. The van der Waals surface area contributed by atoms with Crippen LogP contribution in [-0.2, 0) is 0 Å². The highest BCUT2D eigenvalue weighted by molar-refractivity contribution is 5.94. The number of hydrogen-bond donors (Lipinski definition) is 2. The fraction of sp³-hybridized carbons (Fsp3) is 0.600. The predicted octanol–water partition coefficient (Wildman–Crippen LogP) is 2.82. The van der Waals surface area contributed by atoms with Gasteiger partial charge >= 0.3 is 0 Å². The maximum Gasteiger partial charge on any atom is 0.253 e. The lowest BCUT2D eigenvalue weighted by Crippen LogP contribution is -2.37. The number of hydrogen-bond acceptors (Lipinski definition) is 3. The number of amides is 1. The summed E-state index contributed by atoms with van der Waals surface area (Å²) >= 11 is 0. The van der Waals surface area contributed by atoms with Crippen LogP contribution in [0.4, 0.5) is 5.82 Å². The van der Waals surface area contributed by atoms with Gasteiger partial charge in [-0.05, 0) is 50.7 Å². The Bertz CT molecular complexity index is 408. The summed E-state index contributed by atoms with van der Waals surface area (Å²) in [7, 11) is 0. The van der Waals surface area contributed by atoms with Gasteiger partial charge in [-0.3, -0.25) is 4.79 Å². The van der Waals surface area contributed by atoms with E-state index in [2.05, 4.69) is 22.5 Å². The van der Waals surface area contributed by atoms with Crippen molar-refractivity contribution in [2.24, 2.45) is 5.92 Å². The molecule has 1 aromatic rings. The fourth-order valence-electron chi connectivity index (χ4n) is 2.49. The van der Waals surface area contributed by atoms with Crippen LogP contribution in [0.25, 0.3) is 0 Å². The molecule has 1 heterocycles. The molecule has 19 heavy (non-hydrogen) atoms. The van der Waals surface area contributed by atoms with Crippen LogP contribution in [0.1, 0.15) is 49.9 Å². The second kappa shape index (κ2) is 6.55. The summed E-state index contributed by atoms with van der Waals surface area (Å²) in [5.74, 6) is 1.61. The number of carbonyl (C=O) groups excluding carboxylic acids is 1. The molecule has 2 rings (SSSR count). The molecule has 1 aliphatic carbocycles. The molecule has 1 saturated carbocycles. The third-order valence-corrected chi connectivity index (χ3v) is 3.73. The molecule has 0 aliphatic heterocycles. The van der Waals surface area contributed by atoms with Gasteiger partial charge in [0, 0.05) is 18.8 Å². The Morgan fingerprint density at radius 2 is 2.05 bits per heavy atom. The van der Waals surface area contributed by atoms with Crippen molar-refractivity contribution in [1.82, 2.24) is 10.3 Å². The van der Waals surface area contributed by atoms with Crippen LogP contribution >= 0.6 is 0 Å². The molecular formula is C15H23N3O. The fourth-order valence-corrected chi connectivity index (χ4v) is 2.49. The van der Waals surface area contributed by atoms with Crippen LogP contribution in [0.15, 0.2) is 18.3 Å². The van der Waals surface area contributed by atoms with Gasteiger partial charge in [-0.15, -0.1) is 0 Å². The summed E-state index contributed by atoms with van der Waals surface area (Å²) in [6.07, 6.45) is 6.25. The van der Waals surface area contributed by atoms with E-state index in [4.69, 9.17) is 0 Å². The Kier molecular flexibility index (Phi) is 4.77. The summed E-state index contributed by atoms with van der Waals surface area (Å²) < 4.78 is 0. The Balaban J connectivity index is 1.88. The Morgan fingerprint density at radius 1 is 1.32 bits per heavy atom. The smallest absolute Gasteiger partial charge is 0.253 e. The van der Waals surface area contributed by atoms with E-state index in [0.717, 1.165) is 31.1 Å². The molecule has 4 nitrogen and oxygen atoms in total. The van der Waals surface area contributed by atoms with Crippen molar-refractivity contribution in [3.05, 3.63) is 23.9 Å². The van der Waals surface area contributed by atoms with Gasteiger partial charge in [0.25, 0.3) is 5.91 Å². The van der Waals surface area contributed by atoms with E-state index >= 15 is 0 Å². The molecule has 4 heteroatoms. The Hall–Kier alpha value is -1.58. The first-order valence-electron chi connectivity index (χ1n) is 7.19. The van der Waals surface area contributed by atoms with E-state index in [1.165, 1.54) is 12.8 Å². The maximum absolute atomic E-state index is 12.1. The highest BCUT2D eigenvalue weighted by Crippen LogP contribution is 2.23. The minimum atomic E-state index is -0.00454. The average molecular weight is 261 g/mol. The van der Waals surface area contributed by atoms with Gasteiger partial charge in [0.15, 0.2) is 0 Å². The molecule has 2 N–H and O–H groups in total. The zero-order valence-corrected chi connectivity index (χ0v) is 11.8. The Labute approximate surface area is 115 Å². The van der Waals surface area contributed by atoms with Crippen molar-refractivity contribution in [3.8, 4) is 0 Å². The minimum absolute atomic E-state index is 0.00454. The van der Waals surface area contributed by atoms with Gasteiger partial charge < -0.3 is 10.6 Å². The molecule has 104 valence electrons. The molecule has 0 spiro atoms. The first-order valence-corrected chi connectivity index (χ1v) is 7.19. The molecule has 1 aromatic heterocycles. The molecule has 1 fully saturated rings. The summed E-state index contributed by atoms with van der Waals surface area (Å²) in [4.78, 5) is 16.3. The van der Waals surface area contributed by atoms with E-state index in [0.29, 0.717) is 11.6 Å². The van der Waals surface area contributed by atoms with Gasteiger partial charge in [-0.1, -0.05) is 6.92 Å². The maximum atomic E-state index is 12.1. The highest BCUT2D eigenvalue weighted by atomic mass is 16.1. The van der Waals surface area contributed by atoms with Crippen LogP contribution in [0.3, 0.4) is 0 Å². The number of pyridine rings is 1. The highest BCUT2D eigenvalue weighted by Gasteiger charge is 2.20. The summed E-state index contributed by atoms with van der Waals surface area (Å²) in [6.45, 7) is 5.13. The molecule has 0 bridgehead atoms. The normalized spacial score (nSPS) is 22.8. The second-order valence-corrected chi connectivity index (χ2v) is 5.39. The molecule has 0 radical (unpaired) electrons. The van der Waals surface area contributed by atoms with E-state index in [-0.39, 0.29) is 5.91 Å². The minimum Gasteiger partial charge on any atom is -0.370 e. The summed E-state index contributed by atoms with van der Waals surface area (Å²) in [6, 6.07) is 4.00. The van der Waals surface area contributed by atoms with Gasteiger partial charge in [0.1, 0.15) is 5.82 Å². The summed E-state index contributed by atoms with van der Waals surface area (Å²) in [5, 5.41) is 6.22. The molecule has 0 aromatic carbocycles. The predicted molar refractivity (Wildman–Crippen MR) is 77.3 cm³/mol. The first kappa shape index (κ1) is 13.8.